The Bertz CT molecular complexity index is 574. The van der Waals surface area contributed by atoms with Gasteiger partial charge in [0.1, 0.15) is 5.76 Å². The number of piperidine rings is 1. The lowest BCUT2D eigenvalue weighted by Gasteiger charge is -2.45. The van der Waals surface area contributed by atoms with Crippen LogP contribution in [0.3, 0.4) is 0 Å². The van der Waals surface area contributed by atoms with Crippen LogP contribution in [0.2, 0.25) is 0 Å². The lowest BCUT2D eigenvalue weighted by molar-refractivity contribution is -0.133. The molecule has 1 saturated carbocycles. The maximum Gasteiger partial charge on any atom is 0.230 e. The van der Waals surface area contributed by atoms with Crippen LogP contribution in [0.25, 0.3) is 0 Å². The molecule has 1 atom stereocenters. The predicted octanol–water partition coefficient (Wildman–Crippen LogP) is 2.70. The second-order valence-electron chi connectivity index (χ2n) is 8.15. The Kier molecular flexibility index (Phi) is 4.87. The zero-order valence-corrected chi connectivity index (χ0v) is 15.3. The fourth-order valence-corrected chi connectivity index (χ4v) is 4.49. The highest BCUT2D eigenvalue weighted by atomic mass is 16.5. The van der Waals surface area contributed by atoms with Gasteiger partial charge in [-0.05, 0) is 63.6 Å². The molecule has 25 heavy (non-hydrogen) atoms. The summed E-state index contributed by atoms with van der Waals surface area (Å²) in [6, 6.07) is 4.26. The fraction of sp³-hybridized carbons (Fsp3) is 0.750. The number of carbonyl (C=O) groups excluding carboxylic acids is 1. The summed E-state index contributed by atoms with van der Waals surface area (Å²) in [7, 11) is 2.26. The molecule has 4 rings (SSSR count). The topological polar surface area (TPSA) is 45.9 Å². The molecule has 3 heterocycles. The van der Waals surface area contributed by atoms with E-state index in [1.165, 1.54) is 25.7 Å². The first-order valence-corrected chi connectivity index (χ1v) is 9.77. The van der Waals surface area contributed by atoms with Gasteiger partial charge in [-0.25, -0.2) is 0 Å². The molecule has 0 N–H and O–H groups in total. The van der Waals surface area contributed by atoms with Crippen molar-refractivity contribution in [3.8, 4) is 0 Å². The molecular formula is C20H30N2O3. The highest BCUT2D eigenvalue weighted by Gasteiger charge is 2.46. The summed E-state index contributed by atoms with van der Waals surface area (Å²) >= 11 is 0. The molecule has 3 aliphatic rings. The van der Waals surface area contributed by atoms with Crippen LogP contribution in [0.15, 0.2) is 22.8 Å². The van der Waals surface area contributed by atoms with Gasteiger partial charge in [-0.15, -0.1) is 0 Å². The number of nitrogens with zero attached hydrogens (tertiary/aromatic N) is 2. The molecule has 0 radical (unpaired) electrons. The first-order valence-electron chi connectivity index (χ1n) is 9.77. The largest absolute Gasteiger partial charge is 0.469 e. The molecule has 2 aliphatic heterocycles. The van der Waals surface area contributed by atoms with Crippen LogP contribution in [-0.4, -0.2) is 60.6 Å². The Balaban J connectivity index is 1.26. The van der Waals surface area contributed by atoms with E-state index in [-0.39, 0.29) is 11.4 Å². The van der Waals surface area contributed by atoms with E-state index in [2.05, 4.69) is 11.9 Å². The lowest BCUT2D eigenvalue weighted by atomic mass is 9.85. The molecule has 1 amide bonds. The maximum absolute atomic E-state index is 12.5. The van der Waals surface area contributed by atoms with Gasteiger partial charge in [-0.3, -0.25) is 9.69 Å². The standard InChI is InChI=1S/C20H30N2O3/c1-21-17(15-24-14-16-4-5-16)6-7-20(21)8-10-22(11-9-20)19(23)13-18-3-2-12-25-18/h2-3,12,16-17H,4-11,13-15H2,1H3/t17-/m1/s1. The Morgan fingerprint density at radius 1 is 1.24 bits per heavy atom. The highest BCUT2D eigenvalue weighted by molar-refractivity contribution is 5.78. The van der Waals surface area contributed by atoms with Crippen molar-refractivity contribution in [2.75, 3.05) is 33.4 Å². The minimum absolute atomic E-state index is 0.190. The third kappa shape index (κ3) is 3.77. The summed E-state index contributed by atoms with van der Waals surface area (Å²) in [5.74, 6) is 1.79. The van der Waals surface area contributed by atoms with Crippen LogP contribution in [0.5, 0.6) is 0 Å². The van der Waals surface area contributed by atoms with Crippen molar-refractivity contribution in [2.45, 2.75) is 56.5 Å². The van der Waals surface area contributed by atoms with E-state index in [9.17, 15) is 4.79 Å². The van der Waals surface area contributed by atoms with Gasteiger partial charge in [0, 0.05) is 31.3 Å². The van der Waals surface area contributed by atoms with Crippen LogP contribution in [0.4, 0.5) is 0 Å². The van der Waals surface area contributed by atoms with E-state index in [0.717, 1.165) is 50.8 Å². The van der Waals surface area contributed by atoms with Crippen molar-refractivity contribution < 1.29 is 13.9 Å². The Morgan fingerprint density at radius 3 is 2.72 bits per heavy atom. The SMILES string of the molecule is CN1[C@@H](COCC2CC2)CCC12CCN(C(=O)Cc1ccco1)CC2. The van der Waals surface area contributed by atoms with Gasteiger partial charge in [0.25, 0.3) is 0 Å². The number of carbonyl (C=O) groups is 1. The van der Waals surface area contributed by atoms with Crippen molar-refractivity contribution >= 4 is 5.91 Å². The van der Waals surface area contributed by atoms with Gasteiger partial charge in [0.2, 0.25) is 5.91 Å². The summed E-state index contributed by atoms with van der Waals surface area (Å²) in [5, 5.41) is 0. The average molecular weight is 346 g/mol. The first-order chi connectivity index (χ1) is 12.2. The van der Waals surface area contributed by atoms with Gasteiger partial charge in [-0.1, -0.05) is 0 Å². The van der Waals surface area contributed by atoms with Crippen molar-refractivity contribution in [3.63, 3.8) is 0 Å². The van der Waals surface area contributed by atoms with E-state index < -0.39 is 0 Å². The Labute approximate surface area is 150 Å². The molecule has 0 aromatic carbocycles. The van der Waals surface area contributed by atoms with E-state index in [1.54, 1.807) is 6.26 Å². The average Bonchev–Trinajstić information content (AvgIpc) is 3.22. The Morgan fingerprint density at radius 2 is 2.04 bits per heavy atom. The van der Waals surface area contributed by atoms with Crippen LogP contribution >= 0.6 is 0 Å². The van der Waals surface area contributed by atoms with Gasteiger partial charge in [0.15, 0.2) is 0 Å². The minimum atomic E-state index is 0.190. The number of likely N-dealkylation sites (tertiary alicyclic amines) is 2. The zero-order valence-electron chi connectivity index (χ0n) is 15.3. The molecule has 3 fully saturated rings. The minimum Gasteiger partial charge on any atom is -0.469 e. The van der Waals surface area contributed by atoms with Crippen LogP contribution in [-0.2, 0) is 16.0 Å². The molecule has 138 valence electrons. The monoisotopic (exact) mass is 346 g/mol. The van der Waals surface area contributed by atoms with Crippen LogP contribution < -0.4 is 0 Å². The normalized spacial score (nSPS) is 26.4. The number of likely N-dealkylation sites (N-methyl/N-ethyl adjacent to an activating group) is 1. The van der Waals surface area contributed by atoms with Gasteiger partial charge >= 0.3 is 0 Å². The molecule has 0 unspecified atom stereocenters. The van der Waals surface area contributed by atoms with Gasteiger partial charge < -0.3 is 14.1 Å². The molecule has 0 bridgehead atoms. The molecule has 1 spiro atoms. The smallest absolute Gasteiger partial charge is 0.230 e. The first kappa shape index (κ1) is 17.1. The van der Waals surface area contributed by atoms with Gasteiger partial charge in [0.05, 0.1) is 19.3 Å². The second-order valence-corrected chi connectivity index (χ2v) is 8.15. The van der Waals surface area contributed by atoms with Crippen molar-refractivity contribution in [1.82, 2.24) is 9.80 Å². The molecule has 2 saturated heterocycles. The van der Waals surface area contributed by atoms with E-state index in [4.69, 9.17) is 9.15 Å². The molecule has 5 heteroatoms. The predicted molar refractivity (Wildman–Crippen MR) is 95.3 cm³/mol. The van der Waals surface area contributed by atoms with E-state index >= 15 is 0 Å². The summed E-state index contributed by atoms with van der Waals surface area (Å²) < 4.78 is 11.3. The summed E-state index contributed by atoms with van der Waals surface area (Å²) in [5.41, 5.74) is 0.273. The number of amides is 1. The van der Waals surface area contributed by atoms with Crippen molar-refractivity contribution in [3.05, 3.63) is 24.2 Å². The quantitative estimate of drug-likeness (QED) is 0.794. The summed E-state index contributed by atoms with van der Waals surface area (Å²) in [6.07, 6.45) is 9.33. The van der Waals surface area contributed by atoms with Crippen LogP contribution in [0.1, 0.15) is 44.3 Å². The van der Waals surface area contributed by atoms with Gasteiger partial charge in [-0.2, -0.15) is 0 Å². The van der Waals surface area contributed by atoms with E-state index in [1.807, 2.05) is 17.0 Å². The number of rotatable bonds is 6. The zero-order chi connectivity index (χ0) is 17.3. The molecule has 1 aliphatic carbocycles. The number of hydrogen-bond acceptors (Lipinski definition) is 4. The number of ether oxygens (including phenoxy) is 1. The summed E-state index contributed by atoms with van der Waals surface area (Å²) in [4.78, 5) is 17.0. The second kappa shape index (κ2) is 7.12. The van der Waals surface area contributed by atoms with Crippen molar-refractivity contribution in [2.24, 2.45) is 5.92 Å². The number of hydrogen-bond donors (Lipinski definition) is 0. The molecular weight excluding hydrogens is 316 g/mol. The summed E-state index contributed by atoms with van der Waals surface area (Å²) in [6.45, 7) is 3.54. The van der Waals surface area contributed by atoms with E-state index in [0.29, 0.717) is 12.5 Å². The maximum atomic E-state index is 12.5. The molecule has 1 aromatic rings. The molecule has 1 aromatic heterocycles. The fourth-order valence-electron chi connectivity index (χ4n) is 4.49. The third-order valence-corrected chi connectivity index (χ3v) is 6.55. The van der Waals surface area contributed by atoms with Crippen LogP contribution in [0, 0.1) is 5.92 Å². The Hall–Kier alpha value is -1.33. The third-order valence-electron chi connectivity index (χ3n) is 6.55. The van der Waals surface area contributed by atoms with Crippen molar-refractivity contribution in [1.29, 1.82) is 0 Å². The molecule has 5 nitrogen and oxygen atoms in total. The lowest BCUT2D eigenvalue weighted by Crippen LogP contribution is -2.54. The highest BCUT2D eigenvalue weighted by Crippen LogP contribution is 2.41. The number of furan rings is 1.